The highest BCUT2D eigenvalue weighted by Crippen LogP contribution is 2.37. The van der Waals surface area contributed by atoms with Crippen LogP contribution in [0.5, 0.6) is 0 Å². The van der Waals surface area contributed by atoms with Crippen molar-refractivity contribution >= 4 is 12.1 Å². The topological polar surface area (TPSA) is 153 Å². The second-order valence-corrected chi connectivity index (χ2v) is 15.5. The van der Waals surface area contributed by atoms with Gasteiger partial charge in [-0.1, -0.05) is 51.5 Å². The molecule has 0 aromatic carbocycles. The monoisotopic (exact) mass is 690 g/mol. The van der Waals surface area contributed by atoms with E-state index in [9.17, 15) is 30.0 Å². The molecule has 11 heteroatoms. The van der Waals surface area contributed by atoms with Crippen molar-refractivity contribution in [2.24, 2.45) is 11.8 Å². The maximum absolute atomic E-state index is 13.4. The number of rotatable bonds is 10. The fourth-order valence-electron chi connectivity index (χ4n) is 7.22. The molecule has 1 amide bonds. The molecule has 11 nitrogen and oxygen atoms in total. The Morgan fingerprint density at radius 3 is 2.59 bits per heavy atom. The molecule has 4 aliphatic rings. The minimum Gasteiger partial charge on any atom is -0.457 e. The predicted octanol–water partition coefficient (Wildman–Crippen LogP) is 4.27. The molecule has 1 saturated carbocycles. The van der Waals surface area contributed by atoms with E-state index in [0.717, 1.165) is 19.5 Å². The zero-order valence-electron chi connectivity index (χ0n) is 30.5. The number of cyclic esters (lactones) is 1. The number of amides is 1. The van der Waals surface area contributed by atoms with E-state index < -0.39 is 47.7 Å². The van der Waals surface area contributed by atoms with Crippen molar-refractivity contribution in [2.45, 2.75) is 153 Å². The highest BCUT2D eigenvalue weighted by molar-refractivity contribution is 5.70. The fraction of sp³-hybridized carbons (Fsp3) is 0.789. The van der Waals surface area contributed by atoms with Crippen LogP contribution in [0.25, 0.3) is 0 Å². The Morgan fingerprint density at radius 2 is 1.92 bits per heavy atom. The molecule has 3 heterocycles. The third-order valence-corrected chi connectivity index (χ3v) is 11.0. The van der Waals surface area contributed by atoms with Gasteiger partial charge in [0, 0.05) is 50.5 Å². The molecule has 0 spiro atoms. The second kappa shape index (κ2) is 17.3. The quantitative estimate of drug-likeness (QED) is 0.113. The first-order valence-corrected chi connectivity index (χ1v) is 18.5. The van der Waals surface area contributed by atoms with Gasteiger partial charge in [0.2, 0.25) is 0 Å². The highest BCUT2D eigenvalue weighted by atomic mass is 16.6. The van der Waals surface area contributed by atoms with Crippen molar-refractivity contribution in [3.8, 4) is 0 Å². The first kappa shape index (κ1) is 39.5. The Kier molecular flexibility index (Phi) is 13.9. The Morgan fingerprint density at radius 1 is 1.18 bits per heavy atom. The molecule has 2 saturated heterocycles. The smallest absolute Gasteiger partial charge is 0.410 e. The molecular formula is C38H62N2O9. The molecule has 10 atom stereocenters. The van der Waals surface area contributed by atoms with Crippen LogP contribution in [-0.4, -0.2) is 122 Å². The number of nitrogens with zero attached hydrogens (tertiary/aromatic N) is 2. The molecule has 4 N–H and O–H groups in total. The predicted molar refractivity (Wildman–Crippen MR) is 187 cm³/mol. The summed E-state index contributed by atoms with van der Waals surface area (Å²) in [6.07, 6.45) is 10.4. The zero-order valence-corrected chi connectivity index (χ0v) is 30.5. The summed E-state index contributed by atoms with van der Waals surface area (Å²) < 4.78 is 17.6. The number of epoxide rings is 1. The number of hydrogen-bond acceptors (Lipinski definition) is 10. The summed E-state index contributed by atoms with van der Waals surface area (Å²) in [6.45, 7) is 13.8. The van der Waals surface area contributed by atoms with Crippen molar-refractivity contribution in [1.82, 2.24) is 9.80 Å². The summed E-state index contributed by atoms with van der Waals surface area (Å²) in [5.41, 5.74) is -1.92. The van der Waals surface area contributed by atoms with Crippen LogP contribution in [0.4, 0.5) is 4.79 Å². The van der Waals surface area contributed by atoms with Crippen molar-refractivity contribution in [2.75, 3.05) is 26.2 Å². The Labute approximate surface area is 293 Å². The van der Waals surface area contributed by atoms with Gasteiger partial charge in [0.25, 0.3) is 0 Å². The van der Waals surface area contributed by atoms with E-state index in [1.165, 1.54) is 19.3 Å². The van der Waals surface area contributed by atoms with E-state index in [1.807, 2.05) is 27.7 Å². The first-order valence-electron chi connectivity index (χ1n) is 18.5. The molecule has 10 unspecified atom stereocenters. The second-order valence-electron chi connectivity index (χ2n) is 15.5. The minimum absolute atomic E-state index is 0.00975. The normalized spacial score (nSPS) is 35.3. The maximum Gasteiger partial charge on any atom is 0.410 e. The molecular weight excluding hydrogens is 628 g/mol. The number of carbonyl (C=O) groups excluding carboxylic acids is 2. The number of ether oxygens (including phenoxy) is 3. The van der Waals surface area contributed by atoms with Crippen molar-refractivity contribution in [3.05, 3.63) is 36.0 Å². The number of aliphatic hydroxyl groups is 4. The van der Waals surface area contributed by atoms with Crippen molar-refractivity contribution in [3.63, 3.8) is 0 Å². The molecule has 0 radical (unpaired) electrons. The first-order chi connectivity index (χ1) is 23.1. The van der Waals surface area contributed by atoms with Gasteiger partial charge in [-0.15, -0.1) is 0 Å². The average Bonchev–Trinajstić information content (AvgIpc) is 3.81. The lowest BCUT2D eigenvalue weighted by atomic mass is 9.88. The van der Waals surface area contributed by atoms with Crippen LogP contribution in [-0.2, 0) is 19.0 Å². The molecule has 1 aliphatic carbocycles. The van der Waals surface area contributed by atoms with E-state index in [1.54, 1.807) is 49.1 Å². The number of aliphatic hydroxyl groups excluding tert-OH is 2. The summed E-state index contributed by atoms with van der Waals surface area (Å²) >= 11 is 0. The van der Waals surface area contributed by atoms with E-state index in [-0.39, 0.29) is 43.3 Å². The van der Waals surface area contributed by atoms with Crippen LogP contribution < -0.4 is 0 Å². The van der Waals surface area contributed by atoms with Gasteiger partial charge in [-0.2, -0.15) is 0 Å². The zero-order chi connectivity index (χ0) is 35.9. The lowest BCUT2D eigenvalue weighted by Gasteiger charge is -2.37. The van der Waals surface area contributed by atoms with Gasteiger partial charge in [0.1, 0.15) is 11.7 Å². The van der Waals surface area contributed by atoms with Crippen LogP contribution in [0.2, 0.25) is 0 Å². The third kappa shape index (κ3) is 11.4. The Balaban J connectivity index is 1.44. The average molecular weight is 691 g/mol. The standard InChI is InChI=1S/C38H62N2O9/c1-7-30(42)27(4)35-31(47-35)24-37(5,45)17-9-11-25(2)34-26(3)14-15-32(38(6,46)18-16-29(41)23-33(43)49-34)48-36(44)40-20-10-19-39(21-22-40)28-12-8-13-28/h9,11,14-15,17,26-32,34-35,41-42,45-46H,7-8,10,12-13,16,18-24H2,1-6H3. The largest absolute Gasteiger partial charge is 0.457 e. The fourth-order valence-corrected chi connectivity index (χ4v) is 7.22. The minimum atomic E-state index is -1.48. The van der Waals surface area contributed by atoms with Gasteiger partial charge in [-0.05, 0) is 70.9 Å². The molecule has 4 rings (SSSR count). The van der Waals surface area contributed by atoms with Crippen LogP contribution in [0.15, 0.2) is 36.0 Å². The van der Waals surface area contributed by atoms with E-state index >= 15 is 0 Å². The van der Waals surface area contributed by atoms with Crippen LogP contribution >= 0.6 is 0 Å². The van der Waals surface area contributed by atoms with E-state index in [4.69, 9.17) is 14.2 Å². The van der Waals surface area contributed by atoms with Crippen LogP contribution in [0.3, 0.4) is 0 Å². The highest BCUT2D eigenvalue weighted by Gasteiger charge is 2.47. The third-order valence-electron chi connectivity index (χ3n) is 11.0. The van der Waals surface area contributed by atoms with Gasteiger partial charge >= 0.3 is 12.1 Å². The SMILES string of the molecule is CCC(O)C(C)C1OC1CC(C)(O)C=CC=C(C)C1OC(=O)CC(O)CCC(C)(O)C(OC(=O)N2CCCN(C3CCC3)CC2)C=CC1C. The number of esters is 1. The van der Waals surface area contributed by atoms with Gasteiger partial charge in [-0.25, -0.2) is 4.79 Å². The lowest BCUT2D eigenvalue weighted by molar-refractivity contribution is -0.151. The summed E-state index contributed by atoms with van der Waals surface area (Å²) in [4.78, 5) is 30.5. The summed E-state index contributed by atoms with van der Waals surface area (Å²) in [5, 5.41) is 43.4. The summed E-state index contributed by atoms with van der Waals surface area (Å²) in [5.74, 6) is -0.935. The van der Waals surface area contributed by atoms with E-state index in [0.29, 0.717) is 37.5 Å². The van der Waals surface area contributed by atoms with Crippen LogP contribution in [0, 0.1) is 11.8 Å². The van der Waals surface area contributed by atoms with Gasteiger partial charge in [-0.3, -0.25) is 9.69 Å². The molecule has 3 fully saturated rings. The maximum atomic E-state index is 13.4. The van der Waals surface area contributed by atoms with Gasteiger partial charge < -0.3 is 39.5 Å². The number of carbonyl (C=O) groups is 2. The van der Waals surface area contributed by atoms with Crippen LogP contribution in [0.1, 0.15) is 99.3 Å². The number of hydrogen-bond donors (Lipinski definition) is 4. The van der Waals surface area contributed by atoms with Crippen molar-refractivity contribution in [1.29, 1.82) is 0 Å². The molecule has 3 aliphatic heterocycles. The molecule has 0 bridgehead atoms. The molecule has 49 heavy (non-hydrogen) atoms. The molecule has 0 aromatic heterocycles. The van der Waals surface area contributed by atoms with Gasteiger partial charge in [0.05, 0.1) is 36.4 Å². The van der Waals surface area contributed by atoms with Crippen molar-refractivity contribution < 1.29 is 44.2 Å². The van der Waals surface area contributed by atoms with Gasteiger partial charge in [0.15, 0.2) is 6.10 Å². The Hall–Kier alpha value is -2.28. The molecule has 0 aromatic rings. The van der Waals surface area contributed by atoms with E-state index in [2.05, 4.69) is 4.90 Å². The Bertz CT molecular complexity index is 1200. The lowest BCUT2D eigenvalue weighted by Crippen LogP contribution is -2.46. The summed E-state index contributed by atoms with van der Waals surface area (Å²) in [6, 6.07) is 0.613. The summed E-state index contributed by atoms with van der Waals surface area (Å²) in [7, 11) is 0. The number of allylic oxidation sites excluding steroid dienone is 2. The molecule has 278 valence electrons.